The zero-order valence-corrected chi connectivity index (χ0v) is 16.5. The second kappa shape index (κ2) is 7.87. The van der Waals surface area contributed by atoms with Gasteiger partial charge in [0.05, 0.1) is 29.7 Å². The van der Waals surface area contributed by atoms with E-state index >= 15 is 0 Å². The molecule has 2 aliphatic rings. The zero-order chi connectivity index (χ0) is 21.2. The molecule has 2 aromatic heterocycles. The molecule has 0 aromatic carbocycles. The highest BCUT2D eigenvalue weighted by Gasteiger charge is 2.40. The van der Waals surface area contributed by atoms with Crippen LogP contribution < -0.4 is 10.2 Å². The second-order valence-corrected chi connectivity index (χ2v) is 8.05. The van der Waals surface area contributed by atoms with E-state index in [0.717, 1.165) is 37.7 Å². The summed E-state index contributed by atoms with van der Waals surface area (Å²) in [7, 11) is 0. The van der Waals surface area contributed by atoms with Gasteiger partial charge in [-0.05, 0) is 42.7 Å². The van der Waals surface area contributed by atoms with E-state index in [1.807, 2.05) is 6.07 Å². The Balaban J connectivity index is 1.74. The van der Waals surface area contributed by atoms with E-state index in [4.69, 9.17) is 5.26 Å². The molecule has 1 N–H and O–H groups in total. The number of hydrogen-bond donors (Lipinski definition) is 1. The number of halogens is 2. The average molecular weight is 408 g/mol. The van der Waals surface area contributed by atoms with Crippen molar-refractivity contribution < 1.29 is 8.78 Å². The number of nitrogens with zero attached hydrogens (tertiary/aromatic N) is 5. The number of nitrogens with one attached hydrogen (secondary N) is 1. The van der Waals surface area contributed by atoms with Crippen molar-refractivity contribution in [2.45, 2.75) is 49.9 Å². The van der Waals surface area contributed by atoms with Crippen molar-refractivity contribution in [3.05, 3.63) is 41.6 Å². The van der Waals surface area contributed by atoms with Crippen LogP contribution in [0.15, 0.2) is 30.5 Å². The van der Waals surface area contributed by atoms with Crippen molar-refractivity contribution in [3.8, 4) is 12.1 Å². The number of rotatable bonds is 4. The van der Waals surface area contributed by atoms with Gasteiger partial charge in [0, 0.05) is 19.2 Å². The van der Waals surface area contributed by atoms with Crippen LogP contribution in [0.5, 0.6) is 0 Å². The monoisotopic (exact) mass is 408 g/mol. The van der Waals surface area contributed by atoms with Crippen molar-refractivity contribution in [2.24, 2.45) is 0 Å². The van der Waals surface area contributed by atoms with Crippen LogP contribution in [0.3, 0.4) is 0 Å². The molecule has 30 heavy (non-hydrogen) atoms. The number of anilines is 3. The molecule has 0 bridgehead atoms. The fourth-order valence-electron chi connectivity index (χ4n) is 4.27. The number of nitriles is 2. The Kier molecular flexibility index (Phi) is 5.26. The molecule has 0 atom stereocenters. The Morgan fingerprint density at radius 2 is 1.83 bits per heavy atom. The van der Waals surface area contributed by atoms with Gasteiger partial charge in [-0.2, -0.15) is 10.5 Å². The molecule has 4 rings (SSSR count). The summed E-state index contributed by atoms with van der Waals surface area (Å²) in [5, 5.41) is 22.2. The quantitative estimate of drug-likeness (QED) is 0.791. The summed E-state index contributed by atoms with van der Waals surface area (Å²) in [5.74, 6) is -1.44. The predicted octanol–water partition coefficient (Wildman–Crippen LogP) is 4.66. The van der Waals surface area contributed by atoms with Crippen molar-refractivity contribution in [1.29, 1.82) is 10.5 Å². The van der Waals surface area contributed by atoms with E-state index in [-0.39, 0.29) is 19.5 Å². The largest absolute Gasteiger partial charge is 0.350 e. The predicted molar refractivity (Wildman–Crippen MR) is 109 cm³/mol. The molecule has 0 radical (unpaired) electrons. The molecule has 1 saturated heterocycles. The maximum atomic E-state index is 13.8. The molecule has 0 amide bonds. The van der Waals surface area contributed by atoms with Gasteiger partial charge in [0.2, 0.25) is 0 Å². The third-order valence-electron chi connectivity index (χ3n) is 5.92. The van der Waals surface area contributed by atoms with E-state index in [1.54, 1.807) is 23.1 Å². The van der Waals surface area contributed by atoms with Crippen molar-refractivity contribution >= 4 is 17.5 Å². The molecule has 6 nitrogen and oxygen atoms in total. The van der Waals surface area contributed by atoms with Crippen molar-refractivity contribution in [2.75, 3.05) is 23.3 Å². The Morgan fingerprint density at radius 3 is 2.50 bits per heavy atom. The van der Waals surface area contributed by atoms with Crippen LogP contribution >= 0.6 is 0 Å². The zero-order valence-electron chi connectivity index (χ0n) is 16.5. The molecule has 1 aliphatic heterocycles. The first-order valence-electron chi connectivity index (χ1n) is 10.1. The van der Waals surface area contributed by atoms with Gasteiger partial charge in [0.25, 0.3) is 5.92 Å². The van der Waals surface area contributed by atoms with Gasteiger partial charge in [-0.15, -0.1) is 0 Å². The first-order valence-corrected chi connectivity index (χ1v) is 10.1. The maximum absolute atomic E-state index is 13.8. The van der Waals surface area contributed by atoms with Crippen LogP contribution in [-0.4, -0.2) is 29.0 Å². The smallest absolute Gasteiger partial charge is 0.266 e. The summed E-state index contributed by atoms with van der Waals surface area (Å²) < 4.78 is 27.7. The minimum Gasteiger partial charge on any atom is -0.350 e. The Morgan fingerprint density at radius 1 is 1.03 bits per heavy atom. The Hall–Kier alpha value is -3.26. The van der Waals surface area contributed by atoms with Gasteiger partial charge in [0.15, 0.2) is 0 Å². The number of alkyl halides is 2. The summed E-state index contributed by atoms with van der Waals surface area (Å²) in [6, 6.07) is 11.4. The average Bonchev–Trinajstić information content (AvgIpc) is 3.14. The van der Waals surface area contributed by atoms with Crippen LogP contribution in [0.4, 0.5) is 26.2 Å². The molecule has 2 aromatic rings. The van der Waals surface area contributed by atoms with Gasteiger partial charge in [-0.3, -0.25) is 0 Å². The SMILES string of the molecule is N#Cc1ccnc(Nc2cc(C3(C#N)CCCCC3)cc(N3CCC(F)(F)C3)n2)c1. The standard InChI is InChI=1S/C22H22F2N6/c23-22(24)7-9-30(15-22)20-12-17(21(14-26)5-2-1-3-6-21)11-19(29-20)28-18-10-16(13-25)4-8-27-18/h4,8,10-12H,1-3,5-7,9,15H2,(H,27,28,29). The first kappa shape index (κ1) is 20.0. The highest BCUT2D eigenvalue weighted by molar-refractivity contribution is 5.60. The maximum Gasteiger partial charge on any atom is 0.266 e. The van der Waals surface area contributed by atoms with Gasteiger partial charge < -0.3 is 10.2 Å². The van der Waals surface area contributed by atoms with Gasteiger partial charge in [-0.25, -0.2) is 18.7 Å². The van der Waals surface area contributed by atoms with Crippen molar-refractivity contribution in [3.63, 3.8) is 0 Å². The minimum atomic E-state index is -2.74. The summed E-state index contributed by atoms with van der Waals surface area (Å²) in [5.41, 5.74) is 0.601. The van der Waals surface area contributed by atoms with Gasteiger partial charge in [-0.1, -0.05) is 19.3 Å². The van der Waals surface area contributed by atoms with E-state index in [1.165, 1.54) is 6.20 Å². The third-order valence-corrected chi connectivity index (χ3v) is 5.92. The molecular weight excluding hydrogens is 386 g/mol. The Labute approximate surface area is 174 Å². The summed E-state index contributed by atoms with van der Waals surface area (Å²) >= 11 is 0. The van der Waals surface area contributed by atoms with E-state index in [9.17, 15) is 14.0 Å². The van der Waals surface area contributed by atoms with Crippen LogP contribution in [0.2, 0.25) is 0 Å². The van der Waals surface area contributed by atoms with E-state index < -0.39 is 11.3 Å². The second-order valence-electron chi connectivity index (χ2n) is 8.05. The lowest BCUT2D eigenvalue weighted by Crippen LogP contribution is -2.29. The molecule has 1 saturated carbocycles. The van der Waals surface area contributed by atoms with Crippen molar-refractivity contribution in [1.82, 2.24) is 9.97 Å². The lowest BCUT2D eigenvalue weighted by atomic mass is 9.70. The molecule has 3 heterocycles. The number of hydrogen-bond acceptors (Lipinski definition) is 6. The molecule has 0 unspecified atom stereocenters. The van der Waals surface area contributed by atoms with Crippen LogP contribution in [0, 0.1) is 22.7 Å². The molecule has 1 aliphatic carbocycles. The third kappa shape index (κ3) is 4.04. The normalized spacial score (nSPS) is 19.7. The molecule has 2 fully saturated rings. The van der Waals surface area contributed by atoms with Gasteiger partial charge in [0.1, 0.15) is 17.5 Å². The van der Waals surface area contributed by atoms with Crippen LogP contribution in [0.25, 0.3) is 0 Å². The summed E-state index contributed by atoms with van der Waals surface area (Å²) in [4.78, 5) is 10.3. The van der Waals surface area contributed by atoms with E-state index in [0.29, 0.717) is 23.0 Å². The number of pyridine rings is 2. The minimum absolute atomic E-state index is 0.211. The fraction of sp³-hybridized carbons (Fsp3) is 0.455. The number of aromatic nitrogens is 2. The fourth-order valence-corrected chi connectivity index (χ4v) is 4.27. The van der Waals surface area contributed by atoms with Crippen LogP contribution in [0.1, 0.15) is 49.7 Å². The highest BCUT2D eigenvalue weighted by atomic mass is 19.3. The molecular formula is C22H22F2N6. The molecule has 154 valence electrons. The lowest BCUT2D eigenvalue weighted by Gasteiger charge is -2.32. The summed E-state index contributed by atoms with van der Waals surface area (Å²) in [6.07, 6.45) is 5.80. The first-order chi connectivity index (χ1) is 14.4. The highest BCUT2D eigenvalue weighted by Crippen LogP contribution is 2.41. The summed E-state index contributed by atoms with van der Waals surface area (Å²) in [6.45, 7) is -0.171. The topological polar surface area (TPSA) is 88.6 Å². The van der Waals surface area contributed by atoms with E-state index in [2.05, 4.69) is 27.4 Å². The molecule has 8 heteroatoms. The molecule has 0 spiro atoms. The van der Waals surface area contributed by atoms with Crippen LogP contribution in [-0.2, 0) is 5.41 Å². The van der Waals surface area contributed by atoms with Gasteiger partial charge >= 0.3 is 0 Å². The Bertz CT molecular complexity index is 1020. The lowest BCUT2D eigenvalue weighted by molar-refractivity contribution is 0.0256.